The fraction of sp³-hybridized carbons (Fsp3) is 0.381. The van der Waals surface area contributed by atoms with Gasteiger partial charge < -0.3 is 24.4 Å². The van der Waals surface area contributed by atoms with Gasteiger partial charge in [0.05, 0.1) is 37.7 Å². The standard InChI is InChI=1S/C21H26N2O6S/c1-27-18-12-15(13-19(28-2)20(18)29-3)22-21(24)23-11-7-8-16(23)14-30(25,26)17-9-5-4-6-10-17/h4-6,9-10,12-13,16H,7-8,11,14H2,1-3H3,(H,22,24). The third-order valence-corrected chi connectivity index (χ3v) is 6.88. The monoisotopic (exact) mass is 434 g/mol. The molecule has 2 aromatic carbocycles. The Labute approximate surface area is 176 Å². The van der Waals surface area contributed by atoms with Gasteiger partial charge in [-0.05, 0) is 25.0 Å². The summed E-state index contributed by atoms with van der Waals surface area (Å²) < 4.78 is 41.4. The first-order valence-electron chi connectivity index (χ1n) is 9.55. The van der Waals surface area contributed by atoms with Crippen LogP contribution in [0.5, 0.6) is 17.2 Å². The highest BCUT2D eigenvalue weighted by Gasteiger charge is 2.33. The number of urea groups is 1. The molecule has 9 heteroatoms. The molecule has 1 atom stereocenters. The number of carbonyl (C=O) groups excluding carboxylic acids is 1. The molecule has 0 radical (unpaired) electrons. The highest BCUT2D eigenvalue weighted by Crippen LogP contribution is 2.40. The fourth-order valence-electron chi connectivity index (χ4n) is 3.60. The molecule has 30 heavy (non-hydrogen) atoms. The lowest BCUT2D eigenvalue weighted by atomic mass is 10.2. The molecule has 2 aromatic rings. The summed E-state index contributed by atoms with van der Waals surface area (Å²) in [4.78, 5) is 14.7. The molecule has 3 rings (SSSR count). The van der Waals surface area contributed by atoms with Gasteiger partial charge in [0.1, 0.15) is 0 Å². The van der Waals surface area contributed by atoms with Crippen LogP contribution in [0.25, 0.3) is 0 Å². The zero-order valence-electron chi connectivity index (χ0n) is 17.3. The van der Waals surface area contributed by atoms with E-state index in [2.05, 4.69) is 5.32 Å². The highest BCUT2D eigenvalue weighted by atomic mass is 32.2. The minimum atomic E-state index is -3.49. The van der Waals surface area contributed by atoms with E-state index < -0.39 is 15.9 Å². The molecule has 1 aliphatic rings. The summed E-state index contributed by atoms with van der Waals surface area (Å²) in [6, 6.07) is 10.8. The molecule has 1 fully saturated rings. The van der Waals surface area contributed by atoms with Gasteiger partial charge >= 0.3 is 6.03 Å². The van der Waals surface area contributed by atoms with Gasteiger partial charge in [-0.2, -0.15) is 0 Å². The van der Waals surface area contributed by atoms with Crippen molar-refractivity contribution in [3.63, 3.8) is 0 Å². The number of anilines is 1. The average Bonchev–Trinajstić information content (AvgIpc) is 3.21. The summed E-state index contributed by atoms with van der Waals surface area (Å²) in [6.45, 7) is 0.491. The number of nitrogens with zero attached hydrogens (tertiary/aromatic N) is 1. The number of methoxy groups -OCH3 is 3. The lowest BCUT2D eigenvalue weighted by molar-refractivity contribution is 0.210. The Morgan fingerprint density at radius 1 is 1.07 bits per heavy atom. The number of nitrogens with one attached hydrogen (secondary N) is 1. The maximum Gasteiger partial charge on any atom is 0.322 e. The van der Waals surface area contributed by atoms with Gasteiger partial charge in [0.2, 0.25) is 5.75 Å². The van der Waals surface area contributed by atoms with Crippen molar-refractivity contribution in [1.82, 2.24) is 4.90 Å². The zero-order chi connectivity index (χ0) is 21.7. The number of likely N-dealkylation sites (tertiary alicyclic amines) is 1. The lowest BCUT2D eigenvalue weighted by Crippen LogP contribution is -2.42. The van der Waals surface area contributed by atoms with Crippen molar-refractivity contribution in [2.45, 2.75) is 23.8 Å². The van der Waals surface area contributed by atoms with E-state index in [1.165, 1.54) is 21.3 Å². The van der Waals surface area contributed by atoms with E-state index in [0.29, 0.717) is 35.9 Å². The predicted molar refractivity (Wildman–Crippen MR) is 113 cm³/mol. The molecule has 162 valence electrons. The Kier molecular flexibility index (Phi) is 6.71. The quantitative estimate of drug-likeness (QED) is 0.719. The predicted octanol–water partition coefficient (Wildman–Crippen LogP) is 3.18. The van der Waals surface area contributed by atoms with E-state index in [9.17, 15) is 13.2 Å². The highest BCUT2D eigenvalue weighted by molar-refractivity contribution is 7.91. The number of sulfone groups is 1. The largest absolute Gasteiger partial charge is 0.493 e. The summed E-state index contributed by atoms with van der Waals surface area (Å²) in [5.41, 5.74) is 0.464. The summed E-state index contributed by atoms with van der Waals surface area (Å²) in [5, 5.41) is 2.82. The number of benzene rings is 2. The maximum absolute atomic E-state index is 12.9. The van der Waals surface area contributed by atoms with Gasteiger partial charge in [-0.15, -0.1) is 0 Å². The van der Waals surface area contributed by atoms with Crippen molar-refractivity contribution in [1.29, 1.82) is 0 Å². The Morgan fingerprint density at radius 2 is 1.70 bits per heavy atom. The van der Waals surface area contributed by atoms with Crippen LogP contribution in [0.4, 0.5) is 10.5 Å². The van der Waals surface area contributed by atoms with E-state index in [-0.39, 0.29) is 16.7 Å². The Morgan fingerprint density at radius 3 is 2.27 bits per heavy atom. The number of carbonyl (C=O) groups is 1. The van der Waals surface area contributed by atoms with Crippen LogP contribution in [0, 0.1) is 0 Å². The Balaban J connectivity index is 1.77. The summed E-state index contributed by atoms with van der Waals surface area (Å²) in [7, 11) is 0.997. The number of ether oxygens (including phenoxy) is 3. The van der Waals surface area contributed by atoms with Crippen molar-refractivity contribution in [3.8, 4) is 17.2 Å². The van der Waals surface area contributed by atoms with E-state index in [1.54, 1.807) is 47.4 Å². The van der Waals surface area contributed by atoms with Gasteiger partial charge in [-0.1, -0.05) is 18.2 Å². The van der Waals surface area contributed by atoms with Crippen molar-refractivity contribution in [2.75, 3.05) is 38.9 Å². The van der Waals surface area contributed by atoms with Gasteiger partial charge in [0.25, 0.3) is 0 Å². The van der Waals surface area contributed by atoms with Crippen LogP contribution in [0.15, 0.2) is 47.4 Å². The van der Waals surface area contributed by atoms with Crippen molar-refractivity contribution < 1.29 is 27.4 Å². The molecule has 8 nitrogen and oxygen atoms in total. The molecule has 1 heterocycles. The van der Waals surface area contributed by atoms with E-state index in [0.717, 1.165) is 6.42 Å². The van der Waals surface area contributed by atoms with Gasteiger partial charge in [0.15, 0.2) is 21.3 Å². The van der Waals surface area contributed by atoms with Gasteiger partial charge in [-0.25, -0.2) is 13.2 Å². The van der Waals surface area contributed by atoms with Gasteiger partial charge in [-0.3, -0.25) is 0 Å². The molecule has 0 saturated carbocycles. The Hall–Kier alpha value is -2.94. The molecule has 1 saturated heterocycles. The first-order chi connectivity index (χ1) is 14.4. The summed E-state index contributed by atoms with van der Waals surface area (Å²) in [6.07, 6.45) is 1.38. The Bertz CT molecular complexity index is 969. The molecule has 0 aliphatic carbocycles. The third-order valence-electron chi connectivity index (χ3n) is 5.07. The number of hydrogen-bond acceptors (Lipinski definition) is 6. The van der Waals surface area contributed by atoms with Crippen LogP contribution in [0.1, 0.15) is 12.8 Å². The molecule has 1 unspecified atom stereocenters. The molecule has 0 aromatic heterocycles. The molecule has 2 amide bonds. The smallest absolute Gasteiger partial charge is 0.322 e. The molecular formula is C21H26N2O6S. The second-order valence-corrected chi connectivity index (χ2v) is 8.96. The van der Waals surface area contributed by atoms with E-state index in [4.69, 9.17) is 14.2 Å². The van der Waals surface area contributed by atoms with Crippen molar-refractivity contribution in [3.05, 3.63) is 42.5 Å². The topological polar surface area (TPSA) is 94.2 Å². The van der Waals surface area contributed by atoms with Crippen molar-refractivity contribution >= 4 is 21.6 Å². The number of amides is 2. The van der Waals surface area contributed by atoms with Crippen LogP contribution < -0.4 is 19.5 Å². The number of rotatable bonds is 7. The lowest BCUT2D eigenvalue weighted by Gasteiger charge is -2.25. The van der Waals surface area contributed by atoms with Crippen LogP contribution in [-0.4, -0.2) is 59.0 Å². The maximum atomic E-state index is 12.9. The molecule has 0 bridgehead atoms. The first-order valence-corrected chi connectivity index (χ1v) is 11.2. The zero-order valence-corrected chi connectivity index (χ0v) is 18.1. The molecular weight excluding hydrogens is 408 g/mol. The second kappa shape index (κ2) is 9.25. The third kappa shape index (κ3) is 4.62. The van der Waals surface area contributed by atoms with Crippen molar-refractivity contribution in [2.24, 2.45) is 0 Å². The van der Waals surface area contributed by atoms with E-state index >= 15 is 0 Å². The minimum absolute atomic E-state index is 0.111. The van der Waals surface area contributed by atoms with E-state index in [1.807, 2.05) is 0 Å². The molecule has 1 aliphatic heterocycles. The molecule has 0 spiro atoms. The molecule has 1 N–H and O–H groups in total. The summed E-state index contributed by atoms with van der Waals surface area (Å²) in [5.74, 6) is 1.14. The fourth-order valence-corrected chi connectivity index (χ4v) is 5.22. The van der Waals surface area contributed by atoms with Crippen LogP contribution in [0.2, 0.25) is 0 Å². The van der Waals surface area contributed by atoms with Gasteiger partial charge in [0, 0.05) is 24.7 Å². The normalized spacial score (nSPS) is 16.2. The van der Waals surface area contributed by atoms with Crippen LogP contribution in [0.3, 0.4) is 0 Å². The number of hydrogen-bond donors (Lipinski definition) is 1. The average molecular weight is 435 g/mol. The van der Waals surface area contributed by atoms with Crippen LogP contribution in [-0.2, 0) is 9.84 Å². The SMILES string of the molecule is COc1cc(NC(=O)N2CCCC2CS(=O)(=O)c2ccccc2)cc(OC)c1OC. The van der Waals surface area contributed by atoms with Crippen LogP contribution >= 0.6 is 0 Å². The second-order valence-electron chi connectivity index (χ2n) is 6.93. The first kappa shape index (κ1) is 21.8. The summed E-state index contributed by atoms with van der Waals surface area (Å²) >= 11 is 0. The minimum Gasteiger partial charge on any atom is -0.493 e.